The van der Waals surface area contributed by atoms with Gasteiger partial charge in [0.05, 0.1) is 12.2 Å². The zero-order chi connectivity index (χ0) is 11.4. The number of aromatic nitrogens is 2. The number of carbonyl (C=O) groups is 1. The quantitative estimate of drug-likeness (QED) is 0.880. The maximum absolute atomic E-state index is 10.8. The summed E-state index contributed by atoms with van der Waals surface area (Å²) in [5.74, 6) is -0.0411. The van der Waals surface area contributed by atoms with E-state index in [2.05, 4.69) is 15.3 Å². The lowest BCUT2D eigenvalue weighted by Gasteiger charge is -1.97. The molecule has 0 aliphatic rings. The van der Waals surface area contributed by atoms with Gasteiger partial charge in [0, 0.05) is 30.3 Å². The molecular formula is C11H11N3OS. The topological polar surface area (TPSA) is 54.9 Å². The Morgan fingerprint density at radius 1 is 1.44 bits per heavy atom. The second-order valence-electron chi connectivity index (χ2n) is 3.27. The molecule has 0 saturated heterocycles. The van der Waals surface area contributed by atoms with E-state index >= 15 is 0 Å². The zero-order valence-corrected chi connectivity index (χ0v) is 9.62. The van der Waals surface area contributed by atoms with Crippen molar-refractivity contribution in [2.24, 2.45) is 0 Å². The monoisotopic (exact) mass is 233 g/mol. The van der Waals surface area contributed by atoms with Gasteiger partial charge in [-0.05, 0) is 12.1 Å². The van der Waals surface area contributed by atoms with Crippen molar-refractivity contribution in [1.29, 1.82) is 0 Å². The molecule has 0 aliphatic carbocycles. The van der Waals surface area contributed by atoms with Gasteiger partial charge >= 0.3 is 0 Å². The van der Waals surface area contributed by atoms with Crippen molar-refractivity contribution in [2.45, 2.75) is 13.5 Å². The molecule has 82 valence electrons. The van der Waals surface area contributed by atoms with Crippen molar-refractivity contribution >= 4 is 17.2 Å². The fourth-order valence-electron chi connectivity index (χ4n) is 1.25. The highest BCUT2D eigenvalue weighted by Crippen LogP contribution is 2.20. The summed E-state index contributed by atoms with van der Waals surface area (Å²) in [6.07, 6.45) is 3.48. The van der Waals surface area contributed by atoms with E-state index in [9.17, 15) is 4.79 Å². The molecule has 0 aromatic carbocycles. The van der Waals surface area contributed by atoms with Gasteiger partial charge in [0.25, 0.3) is 0 Å². The van der Waals surface area contributed by atoms with E-state index in [1.807, 2.05) is 17.5 Å². The van der Waals surface area contributed by atoms with Crippen LogP contribution in [0.3, 0.4) is 0 Å². The summed E-state index contributed by atoms with van der Waals surface area (Å²) in [6.45, 7) is 1.99. The predicted octanol–water partition coefficient (Wildman–Crippen LogP) is 1.84. The van der Waals surface area contributed by atoms with E-state index in [-0.39, 0.29) is 5.91 Å². The maximum Gasteiger partial charge on any atom is 0.217 e. The number of pyridine rings is 1. The summed E-state index contributed by atoms with van der Waals surface area (Å²) in [5.41, 5.74) is 1.97. The van der Waals surface area contributed by atoms with Gasteiger partial charge in [-0.25, -0.2) is 4.98 Å². The summed E-state index contributed by atoms with van der Waals surface area (Å²) < 4.78 is 0. The SMILES string of the molecule is CC(=O)NCc1nc(-c2ccncc2)cs1. The molecule has 2 aromatic rings. The van der Waals surface area contributed by atoms with Crippen LogP contribution >= 0.6 is 11.3 Å². The van der Waals surface area contributed by atoms with Gasteiger partial charge in [-0.1, -0.05) is 0 Å². The van der Waals surface area contributed by atoms with Crippen LogP contribution in [0.4, 0.5) is 0 Å². The van der Waals surface area contributed by atoms with Crippen LogP contribution in [0, 0.1) is 0 Å². The summed E-state index contributed by atoms with van der Waals surface area (Å²) in [5, 5.41) is 5.61. The second-order valence-corrected chi connectivity index (χ2v) is 4.21. The van der Waals surface area contributed by atoms with Crippen molar-refractivity contribution in [2.75, 3.05) is 0 Å². The minimum Gasteiger partial charge on any atom is -0.350 e. The second kappa shape index (κ2) is 4.85. The average molecular weight is 233 g/mol. The van der Waals surface area contributed by atoms with Gasteiger partial charge in [0.1, 0.15) is 5.01 Å². The van der Waals surface area contributed by atoms with Gasteiger partial charge in [0.2, 0.25) is 5.91 Å². The number of amides is 1. The molecule has 0 spiro atoms. The van der Waals surface area contributed by atoms with Crippen LogP contribution in [-0.4, -0.2) is 15.9 Å². The van der Waals surface area contributed by atoms with E-state index in [1.165, 1.54) is 6.92 Å². The zero-order valence-electron chi connectivity index (χ0n) is 8.80. The predicted molar refractivity (Wildman–Crippen MR) is 62.9 cm³/mol. The van der Waals surface area contributed by atoms with Crippen LogP contribution < -0.4 is 5.32 Å². The van der Waals surface area contributed by atoms with Crippen molar-refractivity contribution < 1.29 is 4.79 Å². The lowest BCUT2D eigenvalue weighted by atomic mass is 10.2. The van der Waals surface area contributed by atoms with Crippen LogP contribution in [0.1, 0.15) is 11.9 Å². The normalized spacial score (nSPS) is 10.1. The summed E-state index contributed by atoms with van der Waals surface area (Å²) in [6, 6.07) is 3.83. The van der Waals surface area contributed by atoms with Gasteiger partial charge < -0.3 is 5.32 Å². The van der Waals surface area contributed by atoms with Gasteiger partial charge in [0.15, 0.2) is 0 Å². The highest BCUT2D eigenvalue weighted by molar-refractivity contribution is 7.09. The van der Waals surface area contributed by atoms with Crippen LogP contribution in [0.15, 0.2) is 29.9 Å². The standard InChI is InChI=1S/C11H11N3OS/c1-8(15)13-6-11-14-10(7-16-11)9-2-4-12-5-3-9/h2-5,7H,6H2,1H3,(H,13,15). The Kier molecular flexibility index (Phi) is 3.26. The van der Waals surface area contributed by atoms with Crippen molar-refractivity contribution in [3.05, 3.63) is 34.9 Å². The Balaban J connectivity index is 2.11. The third-order valence-corrected chi connectivity index (χ3v) is 2.87. The first-order valence-electron chi connectivity index (χ1n) is 4.85. The molecule has 2 rings (SSSR count). The minimum absolute atomic E-state index is 0.0411. The van der Waals surface area contributed by atoms with Crippen LogP contribution in [0.5, 0.6) is 0 Å². The number of thiazole rings is 1. The molecule has 0 bridgehead atoms. The first kappa shape index (κ1) is 10.8. The van der Waals surface area contributed by atoms with Crippen molar-refractivity contribution in [3.8, 4) is 11.3 Å². The highest BCUT2D eigenvalue weighted by Gasteiger charge is 2.04. The first-order valence-corrected chi connectivity index (χ1v) is 5.73. The molecule has 2 heterocycles. The summed E-state index contributed by atoms with van der Waals surface area (Å²) in [7, 11) is 0. The summed E-state index contributed by atoms with van der Waals surface area (Å²) >= 11 is 1.54. The Hall–Kier alpha value is -1.75. The van der Waals surface area contributed by atoms with Crippen LogP contribution in [0.2, 0.25) is 0 Å². The molecule has 2 aromatic heterocycles. The highest BCUT2D eigenvalue weighted by atomic mass is 32.1. The van der Waals surface area contributed by atoms with E-state index in [0.29, 0.717) is 6.54 Å². The number of nitrogens with zero attached hydrogens (tertiary/aromatic N) is 2. The molecule has 0 atom stereocenters. The van der Waals surface area contributed by atoms with Gasteiger partial charge in [-0.15, -0.1) is 11.3 Å². The first-order chi connectivity index (χ1) is 7.75. The number of nitrogens with one attached hydrogen (secondary N) is 1. The Morgan fingerprint density at radius 3 is 2.88 bits per heavy atom. The molecule has 1 N–H and O–H groups in total. The van der Waals surface area contributed by atoms with Gasteiger partial charge in [-0.2, -0.15) is 0 Å². The fraction of sp³-hybridized carbons (Fsp3) is 0.182. The van der Waals surface area contributed by atoms with E-state index in [4.69, 9.17) is 0 Å². The average Bonchev–Trinajstić information content (AvgIpc) is 2.76. The van der Waals surface area contributed by atoms with Crippen LogP contribution in [0.25, 0.3) is 11.3 Å². The maximum atomic E-state index is 10.8. The fourth-order valence-corrected chi connectivity index (χ4v) is 1.99. The number of hydrogen-bond acceptors (Lipinski definition) is 4. The Morgan fingerprint density at radius 2 is 2.19 bits per heavy atom. The molecule has 0 saturated carbocycles. The lowest BCUT2D eigenvalue weighted by Crippen LogP contribution is -2.18. The Labute approximate surface area is 97.4 Å². The number of rotatable bonds is 3. The third kappa shape index (κ3) is 2.64. The molecule has 0 aliphatic heterocycles. The third-order valence-electron chi connectivity index (χ3n) is 2.02. The number of carbonyl (C=O) groups excluding carboxylic acids is 1. The largest absolute Gasteiger partial charge is 0.350 e. The van der Waals surface area contributed by atoms with Crippen molar-refractivity contribution in [3.63, 3.8) is 0 Å². The van der Waals surface area contributed by atoms with Gasteiger partial charge in [-0.3, -0.25) is 9.78 Å². The van der Waals surface area contributed by atoms with E-state index in [0.717, 1.165) is 16.3 Å². The molecule has 0 unspecified atom stereocenters. The van der Waals surface area contributed by atoms with Crippen molar-refractivity contribution in [1.82, 2.24) is 15.3 Å². The smallest absolute Gasteiger partial charge is 0.217 e. The van der Waals surface area contributed by atoms with Crippen LogP contribution in [-0.2, 0) is 11.3 Å². The lowest BCUT2D eigenvalue weighted by molar-refractivity contribution is -0.119. The molecule has 4 nitrogen and oxygen atoms in total. The summed E-state index contributed by atoms with van der Waals surface area (Å²) in [4.78, 5) is 19.1. The minimum atomic E-state index is -0.0411. The molecule has 16 heavy (non-hydrogen) atoms. The molecular weight excluding hydrogens is 222 g/mol. The molecule has 1 amide bonds. The van der Waals surface area contributed by atoms with E-state index < -0.39 is 0 Å². The number of hydrogen-bond donors (Lipinski definition) is 1. The molecule has 5 heteroatoms. The van der Waals surface area contributed by atoms with E-state index in [1.54, 1.807) is 23.7 Å². The Bertz CT molecular complexity index is 481. The molecule has 0 fully saturated rings. The molecule has 0 radical (unpaired) electrons.